The van der Waals surface area contributed by atoms with Crippen molar-refractivity contribution in [2.24, 2.45) is 0 Å². The van der Waals surface area contributed by atoms with Gasteiger partial charge >= 0.3 is 0 Å². The first-order valence-corrected chi connectivity index (χ1v) is 6.14. The van der Waals surface area contributed by atoms with Crippen molar-refractivity contribution in [3.05, 3.63) is 24.0 Å². The van der Waals surface area contributed by atoms with Crippen molar-refractivity contribution in [1.82, 2.24) is 10.3 Å². The quantitative estimate of drug-likeness (QED) is 0.773. The van der Waals surface area contributed by atoms with Gasteiger partial charge in [-0.1, -0.05) is 13.3 Å². The molecular formula is C13H21N3O2. The number of nitrogens with one attached hydrogen (secondary N) is 2. The van der Waals surface area contributed by atoms with Gasteiger partial charge in [0.05, 0.1) is 6.61 Å². The number of anilines is 1. The van der Waals surface area contributed by atoms with Crippen LogP contribution in [0.5, 0.6) is 0 Å². The minimum absolute atomic E-state index is 0.183. The Balaban J connectivity index is 2.73. The van der Waals surface area contributed by atoms with E-state index in [1.165, 1.54) is 0 Å². The summed E-state index contributed by atoms with van der Waals surface area (Å²) in [4.78, 5) is 15.5. The number of pyridine rings is 1. The number of ether oxygens (including phenoxy) is 1. The zero-order valence-electron chi connectivity index (χ0n) is 11.2. The second kappa shape index (κ2) is 7.66. The highest BCUT2D eigenvalue weighted by molar-refractivity contribution is 5.92. The largest absolute Gasteiger partial charge is 0.383 e. The van der Waals surface area contributed by atoms with Crippen molar-refractivity contribution in [1.29, 1.82) is 0 Å². The Morgan fingerprint density at radius 2 is 2.33 bits per heavy atom. The molecule has 1 aromatic rings. The smallest absolute Gasteiger partial charge is 0.269 e. The van der Waals surface area contributed by atoms with Crippen molar-refractivity contribution >= 4 is 11.6 Å². The van der Waals surface area contributed by atoms with Crippen molar-refractivity contribution in [3.63, 3.8) is 0 Å². The SMILES string of the molecule is CCCC(COC)Nc1ccnc(C(=O)NC)c1. The lowest BCUT2D eigenvalue weighted by Crippen LogP contribution is -2.25. The molecule has 5 heteroatoms. The molecule has 1 aromatic heterocycles. The number of aromatic nitrogens is 1. The molecule has 100 valence electrons. The van der Waals surface area contributed by atoms with Gasteiger partial charge < -0.3 is 15.4 Å². The van der Waals surface area contributed by atoms with Gasteiger partial charge in [0.1, 0.15) is 5.69 Å². The van der Waals surface area contributed by atoms with E-state index in [1.807, 2.05) is 6.07 Å². The summed E-state index contributed by atoms with van der Waals surface area (Å²) in [5, 5.41) is 5.91. The molecule has 0 aliphatic rings. The van der Waals surface area contributed by atoms with Crippen LogP contribution in [0.1, 0.15) is 30.3 Å². The van der Waals surface area contributed by atoms with Crippen LogP contribution in [-0.4, -0.2) is 37.7 Å². The lowest BCUT2D eigenvalue weighted by Gasteiger charge is -2.18. The average molecular weight is 251 g/mol. The molecule has 1 unspecified atom stereocenters. The summed E-state index contributed by atoms with van der Waals surface area (Å²) < 4.78 is 5.17. The molecule has 0 spiro atoms. The predicted molar refractivity (Wildman–Crippen MR) is 71.8 cm³/mol. The molecule has 1 rings (SSSR count). The van der Waals surface area contributed by atoms with Crippen molar-refractivity contribution in [3.8, 4) is 0 Å². The van der Waals surface area contributed by atoms with Crippen LogP contribution in [0, 0.1) is 0 Å². The summed E-state index contributed by atoms with van der Waals surface area (Å²) in [5.41, 5.74) is 1.30. The summed E-state index contributed by atoms with van der Waals surface area (Å²) in [5.74, 6) is -0.183. The molecule has 1 heterocycles. The highest BCUT2D eigenvalue weighted by atomic mass is 16.5. The maximum absolute atomic E-state index is 11.5. The molecule has 0 saturated carbocycles. The van der Waals surface area contributed by atoms with E-state index < -0.39 is 0 Å². The summed E-state index contributed by atoms with van der Waals surface area (Å²) in [6.45, 7) is 2.78. The molecule has 0 bridgehead atoms. The van der Waals surface area contributed by atoms with Crippen LogP contribution in [0.15, 0.2) is 18.3 Å². The maximum Gasteiger partial charge on any atom is 0.269 e. The normalized spacial score (nSPS) is 11.9. The summed E-state index contributed by atoms with van der Waals surface area (Å²) in [6.07, 6.45) is 3.72. The molecule has 1 atom stereocenters. The second-order valence-corrected chi connectivity index (χ2v) is 4.09. The minimum atomic E-state index is -0.183. The van der Waals surface area contributed by atoms with Gasteiger partial charge in [-0.15, -0.1) is 0 Å². The van der Waals surface area contributed by atoms with Crippen LogP contribution in [0.3, 0.4) is 0 Å². The molecule has 1 amide bonds. The number of hydrogen-bond acceptors (Lipinski definition) is 4. The molecule has 0 saturated heterocycles. The van der Waals surface area contributed by atoms with Gasteiger partial charge in [0.2, 0.25) is 0 Å². The van der Waals surface area contributed by atoms with Crippen LogP contribution in [0.2, 0.25) is 0 Å². The van der Waals surface area contributed by atoms with Crippen LogP contribution >= 0.6 is 0 Å². The topological polar surface area (TPSA) is 63.2 Å². The van der Waals surface area contributed by atoms with E-state index in [-0.39, 0.29) is 11.9 Å². The number of carbonyl (C=O) groups excluding carboxylic acids is 1. The van der Waals surface area contributed by atoms with E-state index in [9.17, 15) is 4.79 Å². The zero-order chi connectivity index (χ0) is 13.4. The molecule has 0 fully saturated rings. The predicted octanol–water partition coefficient (Wildman–Crippen LogP) is 1.67. The Labute approximate surface area is 108 Å². The molecule has 0 aromatic carbocycles. The number of hydrogen-bond donors (Lipinski definition) is 2. The van der Waals surface area contributed by atoms with Gasteiger partial charge in [0.25, 0.3) is 5.91 Å². The first-order chi connectivity index (χ1) is 8.71. The Bertz CT molecular complexity index is 376. The van der Waals surface area contributed by atoms with Gasteiger partial charge in [-0.3, -0.25) is 9.78 Å². The number of carbonyl (C=O) groups is 1. The van der Waals surface area contributed by atoms with Crippen LogP contribution < -0.4 is 10.6 Å². The molecule has 0 radical (unpaired) electrons. The monoisotopic (exact) mass is 251 g/mol. The fourth-order valence-electron chi connectivity index (χ4n) is 1.76. The Morgan fingerprint density at radius 1 is 1.56 bits per heavy atom. The fourth-order valence-corrected chi connectivity index (χ4v) is 1.76. The van der Waals surface area contributed by atoms with E-state index in [1.54, 1.807) is 26.4 Å². The maximum atomic E-state index is 11.5. The third-order valence-electron chi connectivity index (χ3n) is 2.60. The van der Waals surface area contributed by atoms with Gasteiger partial charge in [-0.2, -0.15) is 0 Å². The van der Waals surface area contributed by atoms with Gasteiger partial charge in [0, 0.05) is 32.1 Å². The second-order valence-electron chi connectivity index (χ2n) is 4.09. The van der Waals surface area contributed by atoms with Gasteiger partial charge in [0.15, 0.2) is 0 Å². The van der Waals surface area contributed by atoms with Crippen LogP contribution in [-0.2, 0) is 4.74 Å². The number of rotatable bonds is 7. The fraction of sp³-hybridized carbons (Fsp3) is 0.538. The summed E-state index contributed by atoms with van der Waals surface area (Å²) in [6, 6.07) is 3.85. The highest BCUT2D eigenvalue weighted by Crippen LogP contribution is 2.12. The van der Waals surface area contributed by atoms with E-state index in [4.69, 9.17) is 4.74 Å². The van der Waals surface area contributed by atoms with Gasteiger partial charge in [-0.25, -0.2) is 0 Å². The van der Waals surface area contributed by atoms with Crippen molar-refractivity contribution < 1.29 is 9.53 Å². The standard InChI is InChI=1S/C13H21N3O2/c1-4-5-11(9-18-3)16-10-6-7-15-12(8-10)13(17)14-2/h6-8,11H,4-5,9H2,1-3H3,(H,14,17)(H,15,16). The van der Waals surface area contributed by atoms with E-state index >= 15 is 0 Å². The third-order valence-corrected chi connectivity index (χ3v) is 2.60. The van der Waals surface area contributed by atoms with Crippen LogP contribution in [0.4, 0.5) is 5.69 Å². The molecule has 5 nitrogen and oxygen atoms in total. The molecule has 0 aliphatic heterocycles. The number of methoxy groups -OCH3 is 1. The first kappa shape index (κ1) is 14.4. The third kappa shape index (κ3) is 4.33. The molecule has 18 heavy (non-hydrogen) atoms. The van der Waals surface area contributed by atoms with Crippen molar-refractivity contribution in [2.75, 3.05) is 26.1 Å². The van der Waals surface area contributed by atoms with E-state index in [2.05, 4.69) is 22.5 Å². The first-order valence-electron chi connectivity index (χ1n) is 6.14. The number of nitrogens with zero attached hydrogens (tertiary/aromatic N) is 1. The minimum Gasteiger partial charge on any atom is -0.383 e. The van der Waals surface area contributed by atoms with E-state index in [0.29, 0.717) is 12.3 Å². The highest BCUT2D eigenvalue weighted by Gasteiger charge is 2.09. The van der Waals surface area contributed by atoms with E-state index in [0.717, 1.165) is 18.5 Å². The molecule has 0 aliphatic carbocycles. The lowest BCUT2D eigenvalue weighted by atomic mass is 10.1. The zero-order valence-corrected chi connectivity index (χ0v) is 11.2. The van der Waals surface area contributed by atoms with Gasteiger partial charge in [-0.05, 0) is 18.6 Å². The average Bonchev–Trinajstić information content (AvgIpc) is 2.39. The Hall–Kier alpha value is -1.62. The van der Waals surface area contributed by atoms with Crippen molar-refractivity contribution in [2.45, 2.75) is 25.8 Å². The summed E-state index contributed by atoms with van der Waals surface area (Å²) in [7, 11) is 3.28. The lowest BCUT2D eigenvalue weighted by molar-refractivity contribution is 0.0958. The molecule has 2 N–H and O–H groups in total. The number of amides is 1. The Kier molecular flexibility index (Phi) is 6.14. The molecular weight excluding hydrogens is 230 g/mol. The Morgan fingerprint density at radius 3 is 2.94 bits per heavy atom. The summed E-state index contributed by atoms with van der Waals surface area (Å²) >= 11 is 0. The van der Waals surface area contributed by atoms with Crippen LogP contribution in [0.25, 0.3) is 0 Å².